The molecule has 0 fully saturated rings. The average Bonchev–Trinajstić information content (AvgIpc) is 2.29. The Balaban J connectivity index is 5.91. The molecule has 0 aliphatic heterocycles. The summed E-state index contributed by atoms with van der Waals surface area (Å²) in [6.45, 7) is -3.62. The third-order valence-electron chi connectivity index (χ3n) is 2.43. The van der Waals surface area contributed by atoms with E-state index in [1.165, 1.54) is 0 Å². The van der Waals surface area contributed by atoms with Crippen LogP contribution in [0.1, 0.15) is 6.42 Å². The fourth-order valence-corrected chi connectivity index (χ4v) is 1.19. The average molecular weight is 284 g/mol. The Hall–Kier alpha value is -2.48. The molecule has 0 saturated carbocycles. The molecule has 0 spiro atoms. The van der Waals surface area contributed by atoms with Crippen LogP contribution in [0, 0.1) is 40.5 Å². The summed E-state index contributed by atoms with van der Waals surface area (Å²) in [5, 5.41) is 59.9. The van der Waals surface area contributed by atoms with Gasteiger partial charge in [-0.25, -0.2) is 0 Å². The van der Waals surface area contributed by atoms with Crippen LogP contribution in [0.5, 0.6) is 0 Å². The quantitative estimate of drug-likeness (QED) is 0.280. The van der Waals surface area contributed by atoms with Crippen LogP contribution in [-0.4, -0.2) is 54.4 Å². The number of hydrogen-bond donors (Lipinski definition) is 2. The van der Waals surface area contributed by atoms with E-state index < -0.39 is 50.7 Å². The molecule has 0 aromatic heterocycles. The molecule has 0 rings (SSSR count). The van der Waals surface area contributed by atoms with Gasteiger partial charge in [-0.2, -0.15) is 0 Å². The Morgan fingerprint density at radius 2 is 0.895 bits per heavy atom. The van der Waals surface area contributed by atoms with Gasteiger partial charge >= 0.3 is 11.3 Å². The van der Waals surface area contributed by atoms with Crippen molar-refractivity contribution in [2.45, 2.75) is 17.7 Å². The van der Waals surface area contributed by atoms with Gasteiger partial charge in [-0.15, -0.1) is 0 Å². The molecule has 0 bridgehead atoms. The van der Waals surface area contributed by atoms with Crippen LogP contribution in [0.2, 0.25) is 0 Å². The van der Waals surface area contributed by atoms with Crippen molar-refractivity contribution >= 4 is 0 Å². The smallest absolute Gasteiger partial charge is 0.382 e. The zero-order chi connectivity index (χ0) is 15.4. The summed E-state index contributed by atoms with van der Waals surface area (Å²) < 4.78 is 0. The van der Waals surface area contributed by atoms with Crippen molar-refractivity contribution in [2.75, 3.05) is 13.2 Å². The first-order chi connectivity index (χ1) is 8.60. The van der Waals surface area contributed by atoms with Gasteiger partial charge in [-0.1, -0.05) is 0 Å². The number of hydrogen-bond acceptors (Lipinski definition) is 10. The summed E-state index contributed by atoms with van der Waals surface area (Å²) in [4.78, 5) is 35.7. The van der Waals surface area contributed by atoms with Crippen LogP contribution >= 0.6 is 0 Å². The predicted molar refractivity (Wildman–Crippen MR) is 52.2 cm³/mol. The molecule has 0 radical (unpaired) electrons. The van der Waals surface area contributed by atoms with Gasteiger partial charge in [0.25, 0.3) is 0 Å². The molecule has 14 nitrogen and oxygen atoms in total. The lowest BCUT2D eigenvalue weighted by Crippen LogP contribution is -2.61. The normalized spacial score (nSPS) is 11.9. The van der Waals surface area contributed by atoms with Crippen LogP contribution in [0.15, 0.2) is 0 Å². The SMILES string of the molecule is O=[N+]([O-])C(CO)(CC(CO)([N+](=O)[O-])[N+](=O)[O-])[N+](=O)[O-]. The monoisotopic (exact) mass is 284 g/mol. The van der Waals surface area contributed by atoms with Crippen molar-refractivity contribution in [1.82, 2.24) is 0 Å². The summed E-state index contributed by atoms with van der Waals surface area (Å²) in [6.07, 6.45) is -1.91. The molecular formula is C5H8N4O10. The van der Waals surface area contributed by atoms with E-state index in [-0.39, 0.29) is 0 Å². The lowest BCUT2D eigenvalue weighted by Gasteiger charge is -2.19. The summed E-state index contributed by atoms with van der Waals surface area (Å²) >= 11 is 0. The van der Waals surface area contributed by atoms with E-state index in [1.54, 1.807) is 0 Å². The van der Waals surface area contributed by atoms with Crippen molar-refractivity contribution in [2.24, 2.45) is 0 Å². The van der Waals surface area contributed by atoms with Gasteiger partial charge in [0.15, 0.2) is 13.2 Å². The number of nitro groups is 4. The first kappa shape index (κ1) is 16.5. The number of nitrogens with zero attached hydrogens (tertiary/aromatic N) is 4. The summed E-state index contributed by atoms with van der Waals surface area (Å²) in [6, 6.07) is 0. The molecule has 0 saturated heterocycles. The van der Waals surface area contributed by atoms with Crippen molar-refractivity contribution in [3.8, 4) is 0 Å². The predicted octanol–water partition coefficient (Wildman–Crippen LogP) is -2.14. The minimum absolute atomic E-state index is 1.68. The van der Waals surface area contributed by atoms with E-state index >= 15 is 0 Å². The van der Waals surface area contributed by atoms with E-state index in [4.69, 9.17) is 10.2 Å². The fraction of sp³-hybridized carbons (Fsp3) is 1.00. The lowest BCUT2D eigenvalue weighted by molar-refractivity contribution is -0.848. The Bertz CT molecular complexity index is 354. The van der Waals surface area contributed by atoms with Crippen molar-refractivity contribution in [1.29, 1.82) is 0 Å². The van der Waals surface area contributed by atoms with Crippen LogP contribution in [0.4, 0.5) is 0 Å². The summed E-state index contributed by atoms with van der Waals surface area (Å²) in [5.74, 6) is 0. The Morgan fingerprint density at radius 3 is 1.00 bits per heavy atom. The second-order valence-corrected chi connectivity index (χ2v) is 3.49. The minimum atomic E-state index is -3.55. The third-order valence-corrected chi connectivity index (χ3v) is 2.43. The van der Waals surface area contributed by atoms with Gasteiger partial charge in [0, 0.05) is 0 Å². The third kappa shape index (κ3) is 2.52. The van der Waals surface area contributed by atoms with E-state index in [1.807, 2.05) is 0 Å². The highest BCUT2D eigenvalue weighted by molar-refractivity contribution is 4.77. The van der Waals surface area contributed by atoms with Crippen molar-refractivity contribution in [3.05, 3.63) is 40.5 Å². The molecule has 19 heavy (non-hydrogen) atoms. The standard InChI is InChI=1S/C5H8N4O10/c10-2-4(6(12)13,7(14)15)1-5(3-11,8(16)17)9(18)19/h10-11H,1-3H2. The molecule has 0 aromatic rings. The molecule has 0 heterocycles. The van der Waals surface area contributed by atoms with Gasteiger partial charge in [0.2, 0.25) is 6.42 Å². The van der Waals surface area contributed by atoms with Crippen LogP contribution in [0.25, 0.3) is 0 Å². The Kier molecular flexibility index (Phi) is 4.73. The molecular weight excluding hydrogens is 276 g/mol. The van der Waals surface area contributed by atoms with Gasteiger partial charge in [-0.05, 0) is 0 Å². The highest BCUT2D eigenvalue weighted by Gasteiger charge is 2.72. The molecule has 14 heteroatoms. The van der Waals surface area contributed by atoms with Crippen LogP contribution < -0.4 is 0 Å². The van der Waals surface area contributed by atoms with Gasteiger partial charge in [-0.3, -0.25) is 40.5 Å². The zero-order valence-corrected chi connectivity index (χ0v) is 9.07. The van der Waals surface area contributed by atoms with E-state index in [0.29, 0.717) is 0 Å². The van der Waals surface area contributed by atoms with E-state index in [2.05, 4.69) is 0 Å². The Labute approximate surface area is 102 Å². The van der Waals surface area contributed by atoms with Gasteiger partial charge in [0.05, 0.1) is 0 Å². The fourth-order valence-electron chi connectivity index (χ4n) is 1.19. The zero-order valence-electron chi connectivity index (χ0n) is 9.07. The highest BCUT2D eigenvalue weighted by atomic mass is 16.7. The molecule has 0 aromatic carbocycles. The molecule has 0 amide bonds. The molecule has 0 unspecified atom stereocenters. The maximum absolute atomic E-state index is 10.6. The maximum Gasteiger partial charge on any atom is 0.494 e. The number of rotatable bonds is 8. The Morgan fingerprint density at radius 1 is 0.684 bits per heavy atom. The second kappa shape index (κ2) is 5.44. The first-order valence-corrected chi connectivity index (χ1v) is 4.40. The van der Waals surface area contributed by atoms with Gasteiger partial charge in [0.1, 0.15) is 19.7 Å². The largest absolute Gasteiger partial charge is 0.494 e. The summed E-state index contributed by atoms with van der Waals surface area (Å²) in [5.41, 5.74) is -7.11. The van der Waals surface area contributed by atoms with Crippen molar-refractivity contribution in [3.63, 3.8) is 0 Å². The van der Waals surface area contributed by atoms with Crippen molar-refractivity contribution < 1.29 is 29.9 Å². The molecule has 108 valence electrons. The lowest BCUT2D eigenvalue weighted by atomic mass is 9.97. The maximum atomic E-state index is 10.6. The molecule has 0 aliphatic rings. The van der Waals surface area contributed by atoms with E-state index in [9.17, 15) is 40.5 Å². The van der Waals surface area contributed by atoms with E-state index in [0.717, 1.165) is 0 Å². The van der Waals surface area contributed by atoms with Crippen LogP contribution in [-0.2, 0) is 0 Å². The topological polar surface area (TPSA) is 213 Å². The molecule has 2 N–H and O–H groups in total. The second-order valence-electron chi connectivity index (χ2n) is 3.49. The molecule has 0 atom stereocenters. The number of aliphatic hydroxyl groups is 2. The molecule has 0 aliphatic carbocycles. The van der Waals surface area contributed by atoms with Crippen LogP contribution in [0.3, 0.4) is 0 Å². The first-order valence-electron chi connectivity index (χ1n) is 4.40. The van der Waals surface area contributed by atoms with Gasteiger partial charge < -0.3 is 10.2 Å². The number of aliphatic hydroxyl groups excluding tert-OH is 2. The highest BCUT2D eigenvalue weighted by Crippen LogP contribution is 2.27. The minimum Gasteiger partial charge on any atom is -0.382 e. The summed E-state index contributed by atoms with van der Waals surface area (Å²) in [7, 11) is 0.